The highest BCUT2D eigenvalue weighted by atomic mass is 32.1. The number of anilines is 1. The molecule has 0 aliphatic rings. The van der Waals surface area contributed by atoms with E-state index in [2.05, 4.69) is 67.0 Å². The minimum Gasteiger partial charge on any atom is -0.380 e. The van der Waals surface area contributed by atoms with Crippen LogP contribution in [0, 0.1) is 6.92 Å². The van der Waals surface area contributed by atoms with Crippen molar-refractivity contribution in [1.82, 2.24) is 0 Å². The van der Waals surface area contributed by atoms with Gasteiger partial charge in [0.25, 0.3) is 0 Å². The molecule has 102 valence electrons. The smallest absolute Gasteiger partial charge is 0.0415 e. The minimum atomic E-state index is 0.891. The highest BCUT2D eigenvalue weighted by Gasteiger charge is 2.06. The molecule has 0 bridgehead atoms. The summed E-state index contributed by atoms with van der Waals surface area (Å²) in [5, 5.41) is 7.27. The number of benzene rings is 2. The van der Waals surface area contributed by atoms with E-state index in [4.69, 9.17) is 0 Å². The monoisotopic (exact) mass is 281 g/mol. The van der Waals surface area contributed by atoms with Crippen LogP contribution in [0.3, 0.4) is 0 Å². The fraction of sp³-hybridized carbons (Fsp3) is 0.222. The van der Waals surface area contributed by atoms with Crippen molar-refractivity contribution in [3.8, 4) is 0 Å². The zero-order valence-electron chi connectivity index (χ0n) is 11.9. The molecule has 0 aliphatic carbocycles. The predicted molar refractivity (Wildman–Crippen MR) is 89.7 cm³/mol. The van der Waals surface area contributed by atoms with Gasteiger partial charge in [0, 0.05) is 16.9 Å². The summed E-state index contributed by atoms with van der Waals surface area (Å²) >= 11 is 1.82. The van der Waals surface area contributed by atoms with Gasteiger partial charge in [0.1, 0.15) is 0 Å². The molecule has 1 heterocycles. The number of hydrogen-bond donors (Lipinski definition) is 1. The number of thiophene rings is 1. The molecule has 1 nitrogen and oxygen atoms in total. The van der Waals surface area contributed by atoms with Crippen molar-refractivity contribution in [2.24, 2.45) is 0 Å². The van der Waals surface area contributed by atoms with Crippen molar-refractivity contribution >= 4 is 27.1 Å². The summed E-state index contributed by atoms with van der Waals surface area (Å²) in [6, 6.07) is 15.1. The molecular weight excluding hydrogens is 262 g/mol. The Hall–Kier alpha value is -1.80. The molecule has 0 radical (unpaired) electrons. The number of fused-ring (bicyclic) bond motifs is 1. The fourth-order valence-corrected chi connectivity index (χ4v) is 3.59. The van der Waals surface area contributed by atoms with Crippen molar-refractivity contribution < 1.29 is 0 Å². The summed E-state index contributed by atoms with van der Waals surface area (Å²) < 4.78 is 1.37. The average Bonchev–Trinajstić information content (AvgIpc) is 2.89. The van der Waals surface area contributed by atoms with Crippen LogP contribution in [-0.2, 0) is 13.0 Å². The lowest BCUT2D eigenvalue weighted by Crippen LogP contribution is -2.03. The SMILES string of the molecule is CCc1cccc(C)c1NCc1csc2ccccc12. The lowest BCUT2D eigenvalue weighted by atomic mass is 10.1. The normalized spacial score (nSPS) is 10.9. The van der Waals surface area contributed by atoms with Gasteiger partial charge < -0.3 is 5.32 Å². The Morgan fingerprint density at radius 1 is 1.00 bits per heavy atom. The standard InChI is InChI=1S/C18H19NS/c1-3-14-8-6-7-13(2)18(14)19-11-15-12-20-17-10-5-4-9-16(15)17/h4-10,12,19H,3,11H2,1-2H3. The largest absolute Gasteiger partial charge is 0.380 e. The van der Waals surface area contributed by atoms with Gasteiger partial charge in [-0.3, -0.25) is 0 Å². The van der Waals surface area contributed by atoms with Crippen molar-refractivity contribution in [2.45, 2.75) is 26.8 Å². The van der Waals surface area contributed by atoms with Gasteiger partial charge in [-0.2, -0.15) is 0 Å². The Balaban J connectivity index is 1.87. The number of nitrogens with one attached hydrogen (secondary N) is 1. The maximum Gasteiger partial charge on any atom is 0.0415 e. The zero-order valence-corrected chi connectivity index (χ0v) is 12.8. The third-order valence-corrected chi connectivity index (χ3v) is 4.77. The first-order chi connectivity index (χ1) is 9.79. The van der Waals surface area contributed by atoms with Crippen LogP contribution in [0.2, 0.25) is 0 Å². The first-order valence-electron chi connectivity index (χ1n) is 7.07. The van der Waals surface area contributed by atoms with Gasteiger partial charge in [-0.05, 0) is 46.9 Å². The summed E-state index contributed by atoms with van der Waals surface area (Å²) in [6.45, 7) is 5.27. The quantitative estimate of drug-likeness (QED) is 0.676. The molecule has 0 fully saturated rings. The molecular formula is C18H19NS. The van der Waals surface area contributed by atoms with Gasteiger partial charge in [0.05, 0.1) is 0 Å². The van der Waals surface area contributed by atoms with E-state index < -0.39 is 0 Å². The van der Waals surface area contributed by atoms with Crippen LogP contribution in [0.15, 0.2) is 47.8 Å². The molecule has 0 amide bonds. The third kappa shape index (κ3) is 2.44. The maximum atomic E-state index is 3.63. The van der Waals surface area contributed by atoms with Crippen LogP contribution >= 0.6 is 11.3 Å². The molecule has 0 saturated carbocycles. The van der Waals surface area contributed by atoms with Gasteiger partial charge in [0.15, 0.2) is 0 Å². The Labute approximate surface area is 124 Å². The molecule has 20 heavy (non-hydrogen) atoms. The molecule has 0 aliphatic heterocycles. The van der Waals surface area contributed by atoms with Crippen LogP contribution in [0.4, 0.5) is 5.69 Å². The highest BCUT2D eigenvalue weighted by Crippen LogP contribution is 2.27. The van der Waals surface area contributed by atoms with Crippen LogP contribution in [0.1, 0.15) is 23.6 Å². The molecule has 2 heteroatoms. The number of para-hydroxylation sites is 1. The third-order valence-electron chi connectivity index (χ3n) is 3.76. The second-order valence-corrected chi connectivity index (χ2v) is 5.98. The molecule has 1 N–H and O–H groups in total. The number of aryl methyl sites for hydroxylation is 2. The number of rotatable bonds is 4. The molecule has 1 aromatic heterocycles. The molecule has 0 saturated heterocycles. The first-order valence-corrected chi connectivity index (χ1v) is 7.95. The minimum absolute atomic E-state index is 0.891. The van der Waals surface area contributed by atoms with Crippen LogP contribution in [0.5, 0.6) is 0 Å². The van der Waals surface area contributed by atoms with Crippen molar-refractivity contribution in [1.29, 1.82) is 0 Å². The summed E-state index contributed by atoms with van der Waals surface area (Å²) in [4.78, 5) is 0. The zero-order chi connectivity index (χ0) is 13.9. The topological polar surface area (TPSA) is 12.0 Å². The molecule has 0 unspecified atom stereocenters. The lowest BCUT2D eigenvalue weighted by Gasteiger charge is -2.13. The van der Waals surface area contributed by atoms with E-state index in [0.717, 1.165) is 13.0 Å². The summed E-state index contributed by atoms with van der Waals surface area (Å²) in [5.41, 5.74) is 5.40. The Morgan fingerprint density at radius 2 is 1.85 bits per heavy atom. The second-order valence-electron chi connectivity index (χ2n) is 5.07. The highest BCUT2D eigenvalue weighted by molar-refractivity contribution is 7.17. The predicted octanol–water partition coefficient (Wildman–Crippen LogP) is 5.38. The van der Waals surface area contributed by atoms with E-state index in [-0.39, 0.29) is 0 Å². The number of hydrogen-bond acceptors (Lipinski definition) is 2. The average molecular weight is 281 g/mol. The van der Waals surface area contributed by atoms with Crippen molar-refractivity contribution in [3.05, 3.63) is 64.5 Å². The van der Waals surface area contributed by atoms with E-state index in [1.165, 1.54) is 32.5 Å². The van der Waals surface area contributed by atoms with Crippen molar-refractivity contribution in [2.75, 3.05) is 5.32 Å². The molecule has 0 atom stereocenters. The van der Waals surface area contributed by atoms with Gasteiger partial charge in [-0.1, -0.05) is 43.3 Å². The van der Waals surface area contributed by atoms with Gasteiger partial charge in [-0.15, -0.1) is 11.3 Å². The second kappa shape index (κ2) is 5.68. The van der Waals surface area contributed by atoms with E-state index in [9.17, 15) is 0 Å². The summed E-state index contributed by atoms with van der Waals surface area (Å²) in [5.74, 6) is 0. The Bertz CT molecular complexity index is 727. The Morgan fingerprint density at radius 3 is 2.70 bits per heavy atom. The lowest BCUT2D eigenvalue weighted by molar-refractivity contribution is 1.09. The van der Waals surface area contributed by atoms with Gasteiger partial charge in [0.2, 0.25) is 0 Å². The van der Waals surface area contributed by atoms with Crippen molar-refractivity contribution in [3.63, 3.8) is 0 Å². The first kappa shape index (κ1) is 13.2. The van der Waals surface area contributed by atoms with Gasteiger partial charge >= 0.3 is 0 Å². The fourth-order valence-electron chi connectivity index (χ4n) is 2.63. The summed E-state index contributed by atoms with van der Waals surface area (Å²) in [7, 11) is 0. The van der Waals surface area contributed by atoms with E-state index in [1.54, 1.807) is 0 Å². The molecule has 3 aromatic rings. The molecule has 0 spiro atoms. The molecule has 3 rings (SSSR count). The Kier molecular flexibility index (Phi) is 3.75. The maximum absolute atomic E-state index is 3.63. The van der Waals surface area contributed by atoms with E-state index in [0.29, 0.717) is 0 Å². The van der Waals surface area contributed by atoms with Gasteiger partial charge in [-0.25, -0.2) is 0 Å². The van der Waals surface area contributed by atoms with Crippen LogP contribution in [-0.4, -0.2) is 0 Å². The molecule has 2 aromatic carbocycles. The van der Waals surface area contributed by atoms with E-state index >= 15 is 0 Å². The van der Waals surface area contributed by atoms with Crippen LogP contribution < -0.4 is 5.32 Å². The van der Waals surface area contributed by atoms with E-state index in [1.807, 2.05) is 11.3 Å². The summed E-state index contributed by atoms with van der Waals surface area (Å²) in [6.07, 6.45) is 1.06. The van der Waals surface area contributed by atoms with Crippen LogP contribution in [0.25, 0.3) is 10.1 Å².